The monoisotopic (exact) mass is 176 g/mol. The summed E-state index contributed by atoms with van der Waals surface area (Å²) in [6.45, 7) is -0.156. The number of hydrogen-bond acceptors (Lipinski definition) is 1. The van der Waals surface area contributed by atoms with Gasteiger partial charge in [0.05, 0.1) is 13.8 Å². The van der Waals surface area contributed by atoms with E-state index in [2.05, 4.69) is 4.74 Å². The Balaban J connectivity index is -0.00000000972. The molecule has 0 aromatic carbocycles. The van der Waals surface area contributed by atoms with E-state index >= 15 is 0 Å². The van der Waals surface area contributed by atoms with E-state index in [1.54, 1.807) is 0 Å². The van der Waals surface area contributed by atoms with Gasteiger partial charge in [0.25, 0.3) is 0 Å². The normalized spacial score (nSPS) is 4.36. The van der Waals surface area contributed by atoms with Gasteiger partial charge in [-0.25, -0.2) is 4.39 Å². The average Bonchev–Trinajstić information content (AvgIpc) is 1.75. The van der Waals surface area contributed by atoms with Crippen molar-refractivity contribution in [1.82, 2.24) is 0 Å². The Bertz CT molecular complexity index is 19.6. The number of hydrogen-bond donors (Lipinski definition) is 0. The summed E-state index contributed by atoms with van der Waals surface area (Å²) in [5, 5.41) is 0. The first-order valence-electron chi connectivity index (χ1n) is 1.84. The Morgan fingerprint density at radius 1 is 1.00 bits per heavy atom. The van der Waals surface area contributed by atoms with Gasteiger partial charge in [-0.1, -0.05) is 29.7 Å². The summed E-state index contributed by atoms with van der Waals surface area (Å²) >= 11 is 0. The van der Waals surface area contributed by atoms with Crippen molar-refractivity contribution >= 4 is 0 Å². The van der Waals surface area contributed by atoms with Crippen molar-refractivity contribution in [2.24, 2.45) is 0 Å². The van der Waals surface area contributed by atoms with Crippen LogP contribution in [-0.2, 0) is 4.74 Å². The summed E-state index contributed by atoms with van der Waals surface area (Å²) < 4.78 is 24.7. The molecular formula is C8H26F2O. The van der Waals surface area contributed by atoms with E-state index in [1.165, 1.54) is 7.11 Å². The van der Waals surface area contributed by atoms with Gasteiger partial charge in [-0.05, 0) is 0 Å². The molecule has 0 N–H and O–H groups in total. The Kier molecular flexibility index (Phi) is 392. The van der Waals surface area contributed by atoms with Crippen LogP contribution in [0.3, 0.4) is 0 Å². The highest BCUT2D eigenvalue weighted by Crippen LogP contribution is 1.64. The highest BCUT2D eigenvalue weighted by molar-refractivity contribution is 4.14. The summed E-state index contributed by atoms with van der Waals surface area (Å²) in [7, 11) is 1.97. The maximum absolute atomic E-state index is 10.9. The second kappa shape index (κ2) is 96.1. The smallest absolute Gasteiger partial charge is 0.113 e. The second-order valence-electron chi connectivity index (χ2n) is 0.682. The molecule has 3 heteroatoms. The van der Waals surface area contributed by atoms with Gasteiger partial charge < -0.3 is 4.74 Å². The lowest BCUT2D eigenvalue weighted by atomic mass is 10.8. The van der Waals surface area contributed by atoms with E-state index in [9.17, 15) is 8.78 Å². The molecule has 0 fully saturated rings. The minimum atomic E-state index is -0.378. The fraction of sp³-hybridized carbons (Fsp3) is 1.00. The quantitative estimate of drug-likeness (QED) is 0.623. The highest BCUT2D eigenvalue weighted by Gasteiger charge is 1.69. The molecule has 0 heterocycles. The summed E-state index contributed by atoms with van der Waals surface area (Å²) in [5.74, 6) is 0. The van der Waals surface area contributed by atoms with Gasteiger partial charge in [-0.15, -0.1) is 0 Å². The van der Waals surface area contributed by atoms with E-state index in [0.29, 0.717) is 7.18 Å². The van der Waals surface area contributed by atoms with Crippen LogP contribution in [0, 0.1) is 0 Å². The molecule has 0 aliphatic carbocycles. The predicted molar refractivity (Wildman–Crippen MR) is 51.8 cm³/mol. The molecule has 0 aromatic heterocycles. The molecule has 11 heavy (non-hydrogen) atoms. The van der Waals surface area contributed by atoms with Crippen LogP contribution in [0.15, 0.2) is 0 Å². The molecule has 0 aromatic rings. The molecule has 0 atom stereocenters. The van der Waals surface area contributed by atoms with Gasteiger partial charge >= 0.3 is 0 Å². The third-order valence-corrected chi connectivity index (χ3v) is 0.281. The van der Waals surface area contributed by atoms with Crippen LogP contribution >= 0.6 is 0 Å². The van der Waals surface area contributed by atoms with Crippen molar-refractivity contribution in [3.8, 4) is 0 Å². The summed E-state index contributed by atoms with van der Waals surface area (Å²) in [4.78, 5) is 0. The summed E-state index contributed by atoms with van der Waals surface area (Å²) in [6, 6.07) is 0. The Hall–Kier alpha value is -0.180. The Labute approximate surface area is 71.8 Å². The molecule has 78 valence electrons. The number of rotatable bonds is 2. The molecule has 0 unspecified atom stereocenters. The van der Waals surface area contributed by atoms with Gasteiger partial charge in [0.15, 0.2) is 0 Å². The van der Waals surface area contributed by atoms with E-state index in [0.717, 1.165) is 0 Å². The van der Waals surface area contributed by atoms with Gasteiger partial charge in [0, 0.05) is 7.11 Å². The molecule has 0 amide bonds. The third-order valence-electron chi connectivity index (χ3n) is 0.281. The van der Waals surface area contributed by atoms with Crippen molar-refractivity contribution in [1.29, 1.82) is 0 Å². The van der Waals surface area contributed by atoms with Crippen LogP contribution in [0.25, 0.3) is 0 Å². The number of halogens is 2. The average molecular weight is 176 g/mol. The van der Waals surface area contributed by atoms with Crippen molar-refractivity contribution in [3.63, 3.8) is 0 Å². The lowest BCUT2D eigenvalue weighted by Gasteiger charge is -1.82. The number of alkyl halides is 2. The van der Waals surface area contributed by atoms with Crippen molar-refractivity contribution < 1.29 is 13.5 Å². The maximum atomic E-state index is 10.9. The van der Waals surface area contributed by atoms with Crippen molar-refractivity contribution in [2.75, 3.05) is 27.6 Å². The van der Waals surface area contributed by atoms with E-state index < -0.39 is 0 Å². The van der Waals surface area contributed by atoms with E-state index in [-0.39, 0.29) is 43.0 Å². The molecule has 0 rings (SSSR count). The molecule has 0 spiro atoms. The van der Waals surface area contributed by atoms with Gasteiger partial charge in [-0.3, -0.25) is 4.39 Å². The highest BCUT2D eigenvalue weighted by atomic mass is 19.1. The van der Waals surface area contributed by atoms with E-state index in [1.807, 2.05) is 0 Å². The molecule has 0 bridgehead atoms. The zero-order valence-corrected chi connectivity index (χ0v) is 4.58. The molecule has 0 radical (unpaired) electrons. The minimum absolute atomic E-state index is 0. The van der Waals surface area contributed by atoms with Crippen LogP contribution in [0.4, 0.5) is 8.78 Å². The predicted octanol–water partition coefficient (Wildman–Crippen LogP) is 3.73. The van der Waals surface area contributed by atoms with E-state index in [4.69, 9.17) is 0 Å². The van der Waals surface area contributed by atoms with Gasteiger partial charge in [0.1, 0.15) is 6.67 Å². The molecular weight excluding hydrogens is 150 g/mol. The molecule has 0 aliphatic heterocycles. The number of ether oxygens (including phenoxy) is 1. The van der Waals surface area contributed by atoms with Crippen LogP contribution in [0.5, 0.6) is 0 Å². The third kappa shape index (κ3) is 181. The zero-order valence-electron chi connectivity index (χ0n) is 4.58. The first-order chi connectivity index (χ1) is 3.41. The fourth-order valence-electron chi connectivity index (χ4n) is 0.0772. The Morgan fingerprint density at radius 2 is 1.27 bits per heavy atom. The molecule has 0 aliphatic rings. The molecule has 0 saturated carbocycles. The molecule has 1 nitrogen and oxygen atoms in total. The molecule has 0 saturated heterocycles. The topological polar surface area (TPSA) is 9.23 Å². The fourth-order valence-corrected chi connectivity index (χ4v) is 0.0772. The summed E-state index contributed by atoms with van der Waals surface area (Å²) in [6.07, 6.45) is 0. The van der Waals surface area contributed by atoms with Gasteiger partial charge in [-0.2, -0.15) is 0 Å². The van der Waals surface area contributed by atoms with Crippen molar-refractivity contribution in [2.45, 2.75) is 29.7 Å². The standard InChI is InChI=1S/C3H7FO.CH3F.4CH4/c1-5-3-2-4;1-2;;;;/h2-3H2,1H3;1H3;4*1H4. The minimum Gasteiger partial charge on any atom is -0.382 e. The lowest BCUT2D eigenvalue weighted by Crippen LogP contribution is -1.86. The lowest BCUT2D eigenvalue weighted by molar-refractivity contribution is 0.175. The van der Waals surface area contributed by atoms with Crippen molar-refractivity contribution in [3.05, 3.63) is 0 Å². The largest absolute Gasteiger partial charge is 0.382 e. The zero-order chi connectivity index (χ0) is 6.12. The van der Waals surface area contributed by atoms with Crippen LogP contribution < -0.4 is 0 Å². The second-order valence-corrected chi connectivity index (χ2v) is 0.682. The van der Waals surface area contributed by atoms with Crippen LogP contribution in [0.1, 0.15) is 29.7 Å². The SMILES string of the molecule is C.C.C.C.CF.COCCF. The van der Waals surface area contributed by atoms with Gasteiger partial charge in [0.2, 0.25) is 0 Å². The first kappa shape index (κ1) is 44.9. The van der Waals surface area contributed by atoms with Crippen LogP contribution in [0.2, 0.25) is 0 Å². The van der Waals surface area contributed by atoms with Crippen LogP contribution in [-0.4, -0.2) is 27.6 Å². The first-order valence-corrected chi connectivity index (χ1v) is 1.84. The maximum Gasteiger partial charge on any atom is 0.113 e. The summed E-state index contributed by atoms with van der Waals surface area (Å²) in [5.41, 5.74) is 0. The Morgan fingerprint density at radius 3 is 1.27 bits per heavy atom. The number of methoxy groups -OCH3 is 1.